The number of ether oxygens (including phenoxy) is 1. The van der Waals surface area contributed by atoms with E-state index in [-0.39, 0.29) is 5.41 Å². The van der Waals surface area contributed by atoms with Crippen LogP contribution in [-0.4, -0.2) is 13.2 Å². The Hall–Kier alpha value is -2.12. The smallest absolute Gasteiger partial charge is 0.0477 e. The molecule has 1 saturated heterocycles. The Morgan fingerprint density at radius 1 is 0.727 bits per heavy atom. The first-order chi connectivity index (χ1) is 10.9. The first-order valence-corrected chi connectivity index (χ1v) is 8.10. The standard InChI is InChI=1S/C21H18O/c1-2-6-16-15(5-1)9-10-19-20(16)17-7-3-4-8-18(17)21(19)11-13-22-14-12-21/h1-10H,11-14H2. The third-order valence-electron chi connectivity index (χ3n) is 5.50. The summed E-state index contributed by atoms with van der Waals surface area (Å²) in [6, 6.07) is 22.4. The van der Waals surface area contributed by atoms with Crippen LogP contribution < -0.4 is 0 Å². The number of fused-ring (bicyclic) bond motifs is 7. The summed E-state index contributed by atoms with van der Waals surface area (Å²) in [5.41, 5.74) is 6.06. The van der Waals surface area contributed by atoms with Crippen molar-refractivity contribution in [3.63, 3.8) is 0 Å². The molecule has 0 saturated carbocycles. The lowest BCUT2D eigenvalue weighted by Crippen LogP contribution is -2.33. The monoisotopic (exact) mass is 286 g/mol. The molecule has 0 atom stereocenters. The lowest BCUT2D eigenvalue weighted by molar-refractivity contribution is 0.0644. The van der Waals surface area contributed by atoms with Crippen LogP contribution in [0.15, 0.2) is 60.7 Å². The Bertz CT molecular complexity index is 872. The van der Waals surface area contributed by atoms with Crippen LogP contribution in [-0.2, 0) is 10.2 Å². The third kappa shape index (κ3) is 1.47. The van der Waals surface area contributed by atoms with Crippen molar-refractivity contribution in [3.8, 4) is 11.1 Å². The fourth-order valence-corrected chi connectivity index (χ4v) is 4.48. The van der Waals surface area contributed by atoms with Crippen molar-refractivity contribution in [2.75, 3.05) is 13.2 Å². The molecule has 0 bridgehead atoms. The Morgan fingerprint density at radius 3 is 2.41 bits per heavy atom. The Balaban J connectivity index is 1.92. The maximum atomic E-state index is 5.67. The molecule has 1 aliphatic carbocycles. The molecule has 1 heteroatoms. The summed E-state index contributed by atoms with van der Waals surface area (Å²) >= 11 is 0. The highest BCUT2D eigenvalue weighted by Gasteiger charge is 2.44. The molecule has 0 unspecified atom stereocenters. The van der Waals surface area contributed by atoms with Crippen molar-refractivity contribution in [3.05, 3.63) is 71.8 Å². The molecular weight excluding hydrogens is 268 g/mol. The van der Waals surface area contributed by atoms with Gasteiger partial charge in [-0.15, -0.1) is 0 Å². The molecule has 0 N–H and O–H groups in total. The van der Waals surface area contributed by atoms with Crippen LogP contribution in [0, 0.1) is 0 Å². The van der Waals surface area contributed by atoms with Gasteiger partial charge in [-0.2, -0.15) is 0 Å². The van der Waals surface area contributed by atoms with Crippen LogP contribution >= 0.6 is 0 Å². The maximum absolute atomic E-state index is 5.67. The third-order valence-corrected chi connectivity index (χ3v) is 5.50. The highest BCUT2D eigenvalue weighted by molar-refractivity contribution is 6.02. The summed E-state index contributed by atoms with van der Waals surface area (Å²) in [6.07, 6.45) is 2.19. The van der Waals surface area contributed by atoms with E-state index < -0.39 is 0 Å². The average Bonchev–Trinajstić information content (AvgIpc) is 2.87. The molecule has 3 aromatic carbocycles. The van der Waals surface area contributed by atoms with Gasteiger partial charge in [0.1, 0.15) is 0 Å². The molecule has 1 aliphatic heterocycles. The lowest BCUT2D eigenvalue weighted by Gasteiger charge is -2.35. The van der Waals surface area contributed by atoms with E-state index in [0.29, 0.717) is 0 Å². The van der Waals surface area contributed by atoms with Gasteiger partial charge >= 0.3 is 0 Å². The Kier molecular flexibility index (Phi) is 2.51. The first-order valence-electron chi connectivity index (χ1n) is 8.10. The molecule has 5 rings (SSSR count). The molecule has 1 fully saturated rings. The number of rotatable bonds is 0. The second kappa shape index (κ2) is 4.44. The van der Waals surface area contributed by atoms with Crippen molar-refractivity contribution in [2.24, 2.45) is 0 Å². The minimum Gasteiger partial charge on any atom is -0.381 e. The van der Waals surface area contributed by atoms with E-state index in [0.717, 1.165) is 26.1 Å². The van der Waals surface area contributed by atoms with Crippen LogP contribution in [0.5, 0.6) is 0 Å². The van der Waals surface area contributed by atoms with E-state index in [1.807, 2.05) is 0 Å². The minimum absolute atomic E-state index is 0.161. The lowest BCUT2D eigenvalue weighted by atomic mass is 9.72. The van der Waals surface area contributed by atoms with Crippen molar-refractivity contribution >= 4 is 10.8 Å². The summed E-state index contributed by atoms with van der Waals surface area (Å²) in [5.74, 6) is 0. The van der Waals surface area contributed by atoms with Crippen LogP contribution in [0.1, 0.15) is 24.0 Å². The predicted molar refractivity (Wildman–Crippen MR) is 90.2 cm³/mol. The second-order valence-electron chi connectivity index (χ2n) is 6.45. The molecule has 108 valence electrons. The molecule has 3 aromatic rings. The van der Waals surface area contributed by atoms with Crippen molar-refractivity contribution < 1.29 is 4.74 Å². The molecule has 1 nitrogen and oxygen atoms in total. The van der Waals surface area contributed by atoms with Gasteiger partial charge in [-0.3, -0.25) is 0 Å². The van der Waals surface area contributed by atoms with E-state index >= 15 is 0 Å². The summed E-state index contributed by atoms with van der Waals surface area (Å²) in [4.78, 5) is 0. The molecule has 2 aliphatic rings. The minimum atomic E-state index is 0.161. The van der Waals surface area contributed by atoms with Gasteiger partial charge in [0, 0.05) is 18.6 Å². The topological polar surface area (TPSA) is 9.23 Å². The first kappa shape index (κ1) is 12.4. The van der Waals surface area contributed by atoms with Crippen molar-refractivity contribution in [1.82, 2.24) is 0 Å². The fourth-order valence-electron chi connectivity index (χ4n) is 4.48. The highest BCUT2D eigenvalue weighted by atomic mass is 16.5. The maximum Gasteiger partial charge on any atom is 0.0477 e. The zero-order chi connectivity index (χ0) is 14.6. The predicted octanol–water partition coefficient (Wildman–Crippen LogP) is 4.92. The van der Waals surface area contributed by atoms with Gasteiger partial charge in [0.15, 0.2) is 0 Å². The number of hydrogen-bond donors (Lipinski definition) is 0. The van der Waals surface area contributed by atoms with Crippen LogP contribution in [0.25, 0.3) is 21.9 Å². The van der Waals surface area contributed by atoms with Crippen LogP contribution in [0.3, 0.4) is 0 Å². The Labute approximate surface area is 130 Å². The summed E-state index contributed by atoms with van der Waals surface area (Å²) < 4.78 is 5.67. The van der Waals surface area contributed by atoms with Crippen molar-refractivity contribution in [2.45, 2.75) is 18.3 Å². The Morgan fingerprint density at radius 2 is 1.50 bits per heavy atom. The molecular formula is C21H18O. The van der Waals surface area contributed by atoms with Gasteiger partial charge in [-0.25, -0.2) is 0 Å². The van der Waals surface area contributed by atoms with Gasteiger partial charge < -0.3 is 4.74 Å². The van der Waals surface area contributed by atoms with E-state index in [9.17, 15) is 0 Å². The van der Waals surface area contributed by atoms with Gasteiger partial charge in [-0.1, -0.05) is 60.7 Å². The normalized spacial score (nSPS) is 18.4. The molecule has 1 heterocycles. The summed E-state index contributed by atoms with van der Waals surface area (Å²) in [7, 11) is 0. The quantitative estimate of drug-likeness (QED) is 0.570. The van der Waals surface area contributed by atoms with Crippen LogP contribution in [0.2, 0.25) is 0 Å². The molecule has 0 aromatic heterocycles. The van der Waals surface area contributed by atoms with Gasteiger partial charge in [0.25, 0.3) is 0 Å². The largest absolute Gasteiger partial charge is 0.381 e. The van der Waals surface area contributed by atoms with Gasteiger partial charge in [-0.05, 0) is 45.9 Å². The van der Waals surface area contributed by atoms with Crippen molar-refractivity contribution in [1.29, 1.82) is 0 Å². The van der Waals surface area contributed by atoms with Crippen LogP contribution in [0.4, 0.5) is 0 Å². The van der Waals surface area contributed by atoms with E-state index in [4.69, 9.17) is 4.74 Å². The molecule has 0 amide bonds. The zero-order valence-electron chi connectivity index (χ0n) is 12.5. The second-order valence-corrected chi connectivity index (χ2v) is 6.45. The summed E-state index contributed by atoms with van der Waals surface area (Å²) in [5, 5.41) is 2.72. The summed E-state index contributed by atoms with van der Waals surface area (Å²) in [6.45, 7) is 1.72. The SMILES string of the molecule is c1ccc2c(c1)-c1c(ccc3ccccc13)C21CCOCC1. The number of hydrogen-bond acceptors (Lipinski definition) is 1. The van der Waals surface area contributed by atoms with Gasteiger partial charge in [0.05, 0.1) is 0 Å². The van der Waals surface area contributed by atoms with E-state index in [1.165, 1.54) is 33.0 Å². The van der Waals surface area contributed by atoms with E-state index in [1.54, 1.807) is 0 Å². The molecule has 22 heavy (non-hydrogen) atoms. The zero-order valence-corrected chi connectivity index (χ0v) is 12.5. The van der Waals surface area contributed by atoms with Gasteiger partial charge in [0.2, 0.25) is 0 Å². The fraction of sp³-hybridized carbons (Fsp3) is 0.238. The number of benzene rings is 3. The van der Waals surface area contributed by atoms with E-state index in [2.05, 4.69) is 60.7 Å². The molecule has 1 spiro atoms. The molecule has 0 radical (unpaired) electrons. The highest BCUT2D eigenvalue weighted by Crippen LogP contribution is 2.55. The average molecular weight is 286 g/mol.